The van der Waals surface area contributed by atoms with Crippen LogP contribution < -0.4 is 4.90 Å². The fourth-order valence-corrected chi connectivity index (χ4v) is 7.13. The average molecular weight is 568 g/mol. The maximum absolute atomic E-state index is 14.6. The van der Waals surface area contributed by atoms with Crippen LogP contribution in [0.4, 0.5) is 10.1 Å². The predicted molar refractivity (Wildman–Crippen MR) is 153 cm³/mol. The second-order valence-corrected chi connectivity index (χ2v) is 11.2. The van der Waals surface area contributed by atoms with Gasteiger partial charge in [-0.15, -0.1) is 0 Å². The highest BCUT2D eigenvalue weighted by atomic mass is 35.5. The smallest absolute Gasteiger partial charge is 0.185 e. The van der Waals surface area contributed by atoms with Crippen molar-refractivity contribution < 1.29 is 18.8 Å². The molecule has 3 atom stereocenters. The molecule has 0 radical (unpaired) electrons. The summed E-state index contributed by atoms with van der Waals surface area (Å²) in [6.45, 7) is 0. The minimum atomic E-state index is -1.65. The Bertz CT molecular complexity index is 1750. The van der Waals surface area contributed by atoms with Crippen LogP contribution >= 0.6 is 23.2 Å². The molecule has 0 aromatic heterocycles. The molecule has 0 N–H and O–H groups in total. The molecule has 0 unspecified atom stereocenters. The van der Waals surface area contributed by atoms with Crippen LogP contribution in [0.3, 0.4) is 0 Å². The molecule has 3 aliphatic rings. The third kappa shape index (κ3) is 3.34. The molecule has 1 aliphatic carbocycles. The number of ketones is 3. The van der Waals surface area contributed by atoms with E-state index in [4.69, 9.17) is 23.2 Å². The molecule has 1 spiro atoms. The molecule has 4 aromatic carbocycles. The van der Waals surface area contributed by atoms with Gasteiger partial charge in [-0.25, -0.2) is 4.39 Å². The van der Waals surface area contributed by atoms with E-state index in [9.17, 15) is 18.8 Å². The number of hydrogen-bond donors (Lipinski definition) is 0. The molecule has 4 aromatic rings. The SMILES string of the molecule is O=C(c1ccc(Cl)cc1)[C@H]1[C@H](c2cccc(Cl)c2)C2(C(=O)c3ccccc3C2=O)[C@H]2C=Cc3cc(F)ccc3N12. The number of carbonyl (C=O) groups is 3. The summed E-state index contributed by atoms with van der Waals surface area (Å²) in [6, 6.07) is 22.8. The molecule has 0 amide bonds. The zero-order valence-electron chi connectivity index (χ0n) is 20.9. The Morgan fingerprint density at radius 2 is 1.50 bits per heavy atom. The quantitative estimate of drug-likeness (QED) is 0.190. The molecule has 1 fully saturated rings. The number of nitrogens with zero attached hydrogens (tertiary/aromatic N) is 1. The molecule has 7 heteroatoms. The number of rotatable bonds is 3. The molecule has 7 rings (SSSR count). The largest absolute Gasteiger partial charge is 0.352 e. The Morgan fingerprint density at radius 1 is 0.800 bits per heavy atom. The standard InChI is InChI=1S/C33H20Cl2FNO3/c34-21-11-8-18(9-12-21)30(38)29-28(20-4-3-5-22(35)16-20)33(31(39)24-6-1-2-7-25(24)32(33)40)27-15-10-19-17-23(36)13-14-26(19)37(27)29/h1-17,27-29H/t27-,28+,29-/m1/s1. The summed E-state index contributed by atoms with van der Waals surface area (Å²) in [4.78, 5) is 45.5. The summed E-state index contributed by atoms with van der Waals surface area (Å²) in [7, 11) is 0. The first-order valence-electron chi connectivity index (χ1n) is 12.8. The molecule has 4 nitrogen and oxygen atoms in total. The van der Waals surface area contributed by atoms with E-state index in [1.807, 2.05) is 4.90 Å². The Hall–Kier alpha value is -4.06. The Morgan fingerprint density at radius 3 is 2.17 bits per heavy atom. The van der Waals surface area contributed by atoms with Crippen molar-refractivity contribution in [3.8, 4) is 0 Å². The van der Waals surface area contributed by atoms with E-state index in [-0.39, 0.29) is 17.3 Å². The third-order valence-corrected chi connectivity index (χ3v) is 8.86. The Labute approximate surface area is 239 Å². The molecule has 1 saturated heterocycles. The van der Waals surface area contributed by atoms with E-state index in [0.717, 1.165) is 0 Å². The molecule has 0 bridgehead atoms. The number of benzene rings is 4. The van der Waals surface area contributed by atoms with Crippen LogP contribution in [0.5, 0.6) is 0 Å². The Balaban J connectivity index is 1.55. The van der Waals surface area contributed by atoms with Gasteiger partial charge in [0.25, 0.3) is 0 Å². The zero-order chi connectivity index (χ0) is 27.8. The van der Waals surface area contributed by atoms with Gasteiger partial charge in [-0.3, -0.25) is 14.4 Å². The summed E-state index contributed by atoms with van der Waals surface area (Å²) in [5, 5.41) is 0.894. The highest BCUT2D eigenvalue weighted by Crippen LogP contribution is 2.61. The van der Waals surface area contributed by atoms with Crippen molar-refractivity contribution in [3.05, 3.63) is 141 Å². The molecular formula is C33H20Cl2FNO3. The van der Waals surface area contributed by atoms with E-state index < -0.39 is 29.2 Å². The number of anilines is 1. The highest BCUT2D eigenvalue weighted by Gasteiger charge is 2.71. The van der Waals surface area contributed by atoms with Crippen molar-refractivity contribution in [3.63, 3.8) is 0 Å². The molecule has 196 valence electrons. The predicted octanol–water partition coefficient (Wildman–Crippen LogP) is 7.45. The lowest BCUT2D eigenvalue weighted by atomic mass is 9.64. The fourth-order valence-electron chi connectivity index (χ4n) is 6.81. The fraction of sp³-hybridized carbons (Fsp3) is 0.121. The van der Waals surface area contributed by atoms with E-state index in [0.29, 0.717) is 43.5 Å². The van der Waals surface area contributed by atoms with Crippen molar-refractivity contribution in [1.82, 2.24) is 0 Å². The van der Waals surface area contributed by atoms with Crippen molar-refractivity contribution >= 4 is 52.3 Å². The van der Waals surface area contributed by atoms with E-state index in [1.54, 1.807) is 91.0 Å². The van der Waals surface area contributed by atoms with E-state index in [1.165, 1.54) is 12.1 Å². The van der Waals surface area contributed by atoms with Gasteiger partial charge in [-0.05, 0) is 60.2 Å². The molecule has 2 aliphatic heterocycles. The minimum Gasteiger partial charge on any atom is -0.352 e. The van der Waals surface area contributed by atoms with Crippen LogP contribution in [0.1, 0.15) is 48.1 Å². The van der Waals surface area contributed by atoms with Gasteiger partial charge in [0.2, 0.25) is 0 Å². The van der Waals surface area contributed by atoms with Gasteiger partial charge in [-0.2, -0.15) is 0 Å². The third-order valence-electron chi connectivity index (χ3n) is 8.37. The van der Waals surface area contributed by atoms with Crippen LogP contribution in [0, 0.1) is 11.2 Å². The first-order valence-corrected chi connectivity index (χ1v) is 13.6. The van der Waals surface area contributed by atoms with Gasteiger partial charge in [0, 0.05) is 43.9 Å². The summed E-state index contributed by atoms with van der Waals surface area (Å²) >= 11 is 12.6. The number of carbonyl (C=O) groups excluding carboxylic acids is 3. The lowest BCUT2D eigenvalue weighted by Gasteiger charge is -2.37. The Kier molecular flexibility index (Phi) is 5.60. The van der Waals surface area contributed by atoms with Gasteiger partial charge in [-0.1, -0.05) is 71.8 Å². The van der Waals surface area contributed by atoms with Gasteiger partial charge >= 0.3 is 0 Å². The molecular weight excluding hydrogens is 548 g/mol. The van der Waals surface area contributed by atoms with Gasteiger partial charge in [0.15, 0.2) is 17.3 Å². The lowest BCUT2D eigenvalue weighted by molar-refractivity contribution is 0.0666. The van der Waals surface area contributed by atoms with Crippen molar-refractivity contribution in [2.75, 3.05) is 4.90 Å². The summed E-state index contributed by atoms with van der Waals surface area (Å²) in [6.07, 6.45) is 3.49. The second-order valence-electron chi connectivity index (χ2n) is 10.3. The average Bonchev–Trinajstić information content (AvgIpc) is 3.39. The van der Waals surface area contributed by atoms with Crippen LogP contribution in [0.2, 0.25) is 10.0 Å². The molecule has 2 heterocycles. The van der Waals surface area contributed by atoms with E-state index >= 15 is 0 Å². The van der Waals surface area contributed by atoms with Crippen LogP contribution in [0.25, 0.3) is 6.08 Å². The molecule has 40 heavy (non-hydrogen) atoms. The maximum atomic E-state index is 14.6. The first-order chi connectivity index (χ1) is 19.3. The van der Waals surface area contributed by atoms with Crippen molar-refractivity contribution in [2.45, 2.75) is 18.0 Å². The highest BCUT2D eigenvalue weighted by molar-refractivity contribution is 6.33. The normalized spacial score (nSPS) is 21.9. The van der Waals surface area contributed by atoms with Crippen LogP contribution in [-0.4, -0.2) is 29.4 Å². The summed E-state index contributed by atoms with van der Waals surface area (Å²) in [5.41, 5.74) is 1.12. The van der Waals surface area contributed by atoms with Crippen molar-refractivity contribution in [1.29, 1.82) is 0 Å². The molecule has 0 saturated carbocycles. The lowest BCUT2D eigenvalue weighted by Crippen LogP contribution is -2.48. The minimum absolute atomic E-state index is 0.286. The van der Waals surface area contributed by atoms with Crippen LogP contribution in [0.15, 0.2) is 97.1 Å². The topological polar surface area (TPSA) is 54.5 Å². The van der Waals surface area contributed by atoms with Gasteiger partial charge in [0.05, 0.1) is 6.04 Å². The number of fused-ring (bicyclic) bond motifs is 5. The monoisotopic (exact) mass is 567 g/mol. The summed E-state index contributed by atoms with van der Waals surface area (Å²) < 4.78 is 14.3. The van der Waals surface area contributed by atoms with Gasteiger partial charge < -0.3 is 4.90 Å². The van der Waals surface area contributed by atoms with Crippen molar-refractivity contribution in [2.24, 2.45) is 5.41 Å². The number of halogens is 3. The van der Waals surface area contributed by atoms with Gasteiger partial charge in [0.1, 0.15) is 17.3 Å². The van der Waals surface area contributed by atoms with Crippen LogP contribution in [-0.2, 0) is 0 Å². The second kappa shape index (κ2) is 8.98. The summed E-state index contributed by atoms with van der Waals surface area (Å²) in [5.74, 6) is -2.29. The zero-order valence-corrected chi connectivity index (χ0v) is 22.4. The maximum Gasteiger partial charge on any atom is 0.185 e. The first kappa shape index (κ1) is 24.9. The van der Waals surface area contributed by atoms with E-state index in [2.05, 4.69) is 0 Å². The number of hydrogen-bond acceptors (Lipinski definition) is 4. The number of Topliss-reactive ketones (excluding diaryl/α,β-unsaturated/α-hetero) is 3.